The van der Waals surface area contributed by atoms with Gasteiger partial charge in [-0.05, 0) is 66.1 Å². The third-order valence-corrected chi connectivity index (χ3v) is 5.54. The zero-order chi connectivity index (χ0) is 26.6. The topological polar surface area (TPSA) is 78.4 Å². The molecule has 0 heterocycles. The number of amides is 1. The smallest absolute Gasteiger partial charge is 0.271 e. The van der Waals surface area contributed by atoms with Crippen LogP contribution in [0.4, 0.5) is 0 Å². The molecule has 0 spiro atoms. The number of nitrogens with one attached hydrogen (secondary N) is 1. The molecule has 0 radical (unpaired) electrons. The highest BCUT2D eigenvalue weighted by molar-refractivity contribution is 5.94. The van der Waals surface area contributed by atoms with E-state index in [2.05, 4.69) is 10.5 Å². The molecular formula is C31H30N2O5. The fourth-order valence-electron chi connectivity index (χ4n) is 3.63. The van der Waals surface area contributed by atoms with Crippen LogP contribution in [0.25, 0.3) is 0 Å². The molecule has 1 amide bonds. The normalized spacial score (nSPS) is 10.7. The molecule has 0 saturated carbocycles. The fourth-order valence-corrected chi connectivity index (χ4v) is 3.63. The molecule has 4 rings (SSSR count). The van der Waals surface area contributed by atoms with Crippen molar-refractivity contribution in [3.05, 3.63) is 119 Å². The standard InChI is InChI=1S/C31H30N2O5/c1-3-36-30-19-25(15-17-28(30)37-21-23-10-6-4-7-11-23)22-38-27-16-14-24(18-29(27)35-2)20-32-33-31(34)26-12-8-5-9-13-26/h4-20H,3,21-22H2,1-2H3,(H,33,34)/b32-20+. The van der Waals surface area contributed by atoms with Crippen LogP contribution in [-0.2, 0) is 13.2 Å². The van der Waals surface area contributed by atoms with E-state index in [1.54, 1.807) is 49.7 Å². The summed E-state index contributed by atoms with van der Waals surface area (Å²) in [4.78, 5) is 12.1. The number of rotatable bonds is 12. The summed E-state index contributed by atoms with van der Waals surface area (Å²) >= 11 is 0. The minimum atomic E-state index is -0.281. The first-order chi connectivity index (χ1) is 18.7. The van der Waals surface area contributed by atoms with Gasteiger partial charge in [-0.2, -0.15) is 5.10 Å². The van der Waals surface area contributed by atoms with Crippen LogP contribution < -0.4 is 24.4 Å². The number of benzene rings is 4. The number of hydrazone groups is 1. The van der Waals surface area contributed by atoms with E-state index in [1.807, 2.05) is 67.6 Å². The van der Waals surface area contributed by atoms with Gasteiger partial charge in [0.05, 0.1) is 19.9 Å². The van der Waals surface area contributed by atoms with Crippen LogP contribution in [0.5, 0.6) is 23.0 Å². The molecule has 0 aromatic heterocycles. The molecule has 7 nitrogen and oxygen atoms in total. The highest BCUT2D eigenvalue weighted by Gasteiger charge is 2.10. The lowest BCUT2D eigenvalue weighted by molar-refractivity contribution is 0.0955. The quantitative estimate of drug-likeness (QED) is 0.186. The maximum absolute atomic E-state index is 12.1. The van der Waals surface area contributed by atoms with Crippen LogP contribution >= 0.6 is 0 Å². The maximum Gasteiger partial charge on any atom is 0.271 e. The van der Waals surface area contributed by atoms with E-state index in [4.69, 9.17) is 18.9 Å². The maximum atomic E-state index is 12.1. The van der Waals surface area contributed by atoms with E-state index in [0.717, 1.165) is 16.7 Å². The Hall–Kier alpha value is -4.78. The molecule has 0 bridgehead atoms. The van der Waals surface area contributed by atoms with E-state index in [9.17, 15) is 4.79 Å². The van der Waals surface area contributed by atoms with E-state index < -0.39 is 0 Å². The minimum Gasteiger partial charge on any atom is -0.493 e. The van der Waals surface area contributed by atoms with Gasteiger partial charge in [-0.25, -0.2) is 5.43 Å². The second-order valence-corrected chi connectivity index (χ2v) is 8.25. The number of methoxy groups -OCH3 is 1. The number of carbonyl (C=O) groups excluding carboxylic acids is 1. The average Bonchev–Trinajstić information content (AvgIpc) is 2.97. The molecule has 194 valence electrons. The minimum absolute atomic E-state index is 0.281. The summed E-state index contributed by atoms with van der Waals surface area (Å²) in [6, 6.07) is 30.1. The Balaban J connectivity index is 1.37. The number of hydrogen-bond donors (Lipinski definition) is 1. The van der Waals surface area contributed by atoms with Gasteiger partial charge in [-0.15, -0.1) is 0 Å². The lowest BCUT2D eigenvalue weighted by atomic mass is 10.2. The van der Waals surface area contributed by atoms with Gasteiger partial charge in [0.1, 0.15) is 13.2 Å². The molecule has 0 saturated heterocycles. The molecule has 7 heteroatoms. The second-order valence-electron chi connectivity index (χ2n) is 8.25. The molecule has 0 aliphatic rings. The summed E-state index contributed by atoms with van der Waals surface area (Å²) in [5, 5.41) is 4.04. The summed E-state index contributed by atoms with van der Waals surface area (Å²) in [5.41, 5.74) is 5.82. The van der Waals surface area contributed by atoms with Gasteiger partial charge in [0, 0.05) is 5.56 Å². The average molecular weight is 511 g/mol. The highest BCUT2D eigenvalue weighted by Crippen LogP contribution is 2.32. The Morgan fingerprint density at radius 2 is 1.39 bits per heavy atom. The predicted molar refractivity (Wildman–Crippen MR) is 147 cm³/mol. The summed E-state index contributed by atoms with van der Waals surface area (Å²) in [6.07, 6.45) is 1.55. The largest absolute Gasteiger partial charge is 0.493 e. The Bertz CT molecular complexity index is 1360. The van der Waals surface area contributed by atoms with Crippen molar-refractivity contribution < 1.29 is 23.7 Å². The summed E-state index contributed by atoms with van der Waals surface area (Å²) in [5.74, 6) is 2.20. The van der Waals surface area contributed by atoms with Gasteiger partial charge in [-0.3, -0.25) is 4.79 Å². The van der Waals surface area contributed by atoms with E-state index >= 15 is 0 Å². The summed E-state index contributed by atoms with van der Waals surface area (Å²) < 4.78 is 23.3. The van der Waals surface area contributed by atoms with Crippen molar-refractivity contribution in [3.63, 3.8) is 0 Å². The van der Waals surface area contributed by atoms with Crippen molar-refractivity contribution in [1.29, 1.82) is 0 Å². The van der Waals surface area contributed by atoms with E-state index in [1.165, 1.54) is 0 Å². The second kappa shape index (κ2) is 13.5. The van der Waals surface area contributed by atoms with Crippen LogP contribution in [0.2, 0.25) is 0 Å². The SMILES string of the molecule is CCOc1cc(COc2ccc(/C=N/NC(=O)c3ccccc3)cc2OC)ccc1OCc1ccccc1. The highest BCUT2D eigenvalue weighted by atomic mass is 16.5. The summed E-state index contributed by atoms with van der Waals surface area (Å²) in [6.45, 7) is 3.23. The molecular weight excluding hydrogens is 480 g/mol. The Labute approximate surface area is 222 Å². The van der Waals surface area contributed by atoms with Crippen molar-refractivity contribution in [3.8, 4) is 23.0 Å². The first-order valence-electron chi connectivity index (χ1n) is 12.3. The number of carbonyl (C=O) groups is 1. The third-order valence-electron chi connectivity index (χ3n) is 5.54. The zero-order valence-corrected chi connectivity index (χ0v) is 21.4. The molecule has 0 aliphatic carbocycles. The van der Waals surface area contributed by atoms with E-state index in [-0.39, 0.29) is 5.91 Å². The van der Waals surface area contributed by atoms with Crippen molar-refractivity contribution in [2.75, 3.05) is 13.7 Å². The number of nitrogens with zero attached hydrogens (tertiary/aromatic N) is 1. The first-order valence-corrected chi connectivity index (χ1v) is 12.3. The molecule has 0 fully saturated rings. The third kappa shape index (κ3) is 7.36. The van der Waals surface area contributed by atoms with Crippen LogP contribution in [0.3, 0.4) is 0 Å². The van der Waals surface area contributed by atoms with Crippen molar-refractivity contribution in [1.82, 2.24) is 5.43 Å². The van der Waals surface area contributed by atoms with Gasteiger partial charge in [-0.1, -0.05) is 54.6 Å². The molecule has 4 aromatic carbocycles. The van der Waals surface area contributed by atoms with Crippen molar-refractivity contribution in [2.45, 2.75) is 20.1 Å². The van der Waals surface area contributed by atoms with Gasteiger partial charge in [0.25, 0.3) is 5.91 Å². The lowest BCUT2D eigenvalue weighted by Gasteiger charge is -2.15. The first kappa shape index (κ1) is 26.3. The van der Waals surface area contributed by atoms with Gasteiger partial charge in [0.15, 0.2) is 23.0 Å². The Kier molecular flexibility index (Phi) is 9.34. The number of ether oxygens (including phenoxy) is 4. The van der Waals surface area contributed by atoms with Gasteiger partial charge >= 0.3 is 0 Å². The van der Waals surface area contributed by atoms with Crippen LogP contribution in [0.15, 0.2) is 102 Å². The molecule has 38 heavy (non-hydrogen) atoms. The molecule has 4 aromatic rings. The Morgan fingerprint density at radius 1 is 0.737 bits per heavy atom. The number of hydrogen-bond acceptors (Lipinski definition) is 6. The van der Waals surface area contributed by atoms with Crippen molar-refractivity contribution >= 4 is 12.1 Å². The Morgan fingerprint density at radius 3 is 2.11 bits per heavy atom. The van der Waals surface area contributed by atoms with Crippen LogP contribution in [0, 0.1) is 0 Å². The molecule has 0 atom stereocenters. The lowest BCUT2D eigenvalue weighted by Crippen LogP contribution is -2.17. The predicted octanol–water partition coefficient (Wildman–Crippen LogP) is 6.02. The molecule has 0 unspecified atom stereocenters. The van der Waals surface area contributed by atoms with Gasteiger partial charge < -0.3 is 18.9 Å². The zero-order valence-electron chi connectivity index (χ0n) is 21.4. The monoisotopic (exact) mass is 510 g/mol. The van der Waals surface area contributed by atoms with Crippen LogP contribution in [0.1, 0.15) is 34.0 Å². The summed E-state index contributed by atoms with van der Waals surface area (Å²) in [7, 11) is 1.58. The van der Waals surface area contributed by atoms with Crippen LogP contribution in [-0.4, -0.2) is 25.8 Å². The van der Waals surface area contributed by atoms with Crippen molar-refractivity contribution in [2.24, 2.45) is 5.10 Å². The van der Waals surface area contributed by atoms with Gasteiger partial charge in [0.2, 0.25) is 0 Å². The molecule has 1 N–H and O–H groups in total. The molecule has 0 aliphatic heterocycles. The van der Waals surface area contributed by atoms with E-state index in [0.29, 0.717) is 48.4 Å². The fraction of sp³-hybridized carbons (Fsp3) is 0.161.